The Balaban J connectivity index is 0.000000360. The summed E-state index contributed by atoms with van der Waals surface area (Å²) < 4.78 is 70.4. The van der Waals surface area contributed by atoms with Crippen LogP contribution in [0.5, 0.6) is 0 Å². The van der Waals surface area contributed by atoms with Gasteiger partial charge in [0.2, 0.25) is 0 Å². The van der Waals surface area contributed by atoms with Crippen LogP contribution in [0, 0.1) is 0 Å². The van der Waals surface area contributed by atoms with Crippen LogP contribution in [0.4, 0.5) is 26.3 Å². The van der Waals surface area contributed by atoms with Gasteiger partial charge in [0.25, 0.3) is 0 Å². The normalized spacial score (nSPS) is 17.9. The van der Waals surface area contributed by atoms with Crippen LogP contribution in [0.15, 0.2) is 0 Å². The van der Waals surface area contributed by atoms with Gasteiger partial charge in [-0.2, -0.15) is 13.2 Å². The van der Waals surface area contributed by atoms with Crippen molar-refractivity contribution in [2.45, 2.75) is 31.5 Å². The zero-order chi connectivity index (χ0) is 14.4. The second-order valence-corrected chi connectivity index (χ2v) is 3.32. The van der Waals surface area contributed by atoms with E-state index in [0.717, 1.165) is 0 Å². The molecule has 0 unspecified atom stereocenters. The Morgan fingerprint density at radius 3 is 1.78 bits per heavy atom. The summed E-state index contributed by atoms with van der Waals surface area (Å²) in [5.74, 6) is -2.76. The summed E-state index contributed by atoms with van der Waals surface area (Å²) in [6, 6.07) is 0. The Morgan fingerprint density at radius 2 is 1.50 bits per heavy atom. The SMILES string of the molecule is FC(F)(F)OC1CCNCC1.O=C(O)C(F)(F)F. The Morgan fingerprint density at radius 1 is 1.11 bits per heavy atom. The highest BCUT2D eigenvalue weighted by Crippen LogP contribution is 2.22. The van der Waals surface area contributed by atoms with Gasteiger partial charge in [-0.05, 0) is 25.9 Å². The molecular weight excluding hydrogens is 272 g/mol. The van der Waals surface area contributed by atoms with E-state index in [9.17, 15) is 26.3 Å². The number of carbonyl (C=O) groups is 1. The van der Waals surface area contributed by atoms with Crippen molar-refractivity contribution in [2.75, 3.05) is 13.1 Å². The maximum absolute atomic E-state index is 11.6. The smallest absolute Gasteiger partial charge is 0.475 e. The first-order valence-corrected chi connectivity index (χ1v) is 4.78. The molecule has 0 aromatic carbocycles. The van der Waals surface area contributed by atoms with Crippen LogP contribution in [0.3, 0.4) is 0 Å². The Hall–Kier alpha value is -1.03. The molecule has 4 nitrogen and oxygen atoms in total. The minimum absolute atomic E-state index is 0.444. The number of carboxylic acids is 1. The Bertz CT molecular complexity index is 259. The van der Waals surface area contributed by atoms with Crippen molar-refractivity contribution in [2.24, 2.45) is 0 Å². The fourth-order valence-corrected chi connectivity index (χ4v) is 1.10. The van der Waals surface area contributed by atoms with Crippen molar-refractivity contribution < 1.29 is 41.0 Å². The number of alkyl halides is 6. The zero-order valence-electron chi connectivity index (χ0n) is 8.94. The lowest BCUT2D eigenvalue weighted by Gasteiger charge is -2.23. The first-order valence-electron chi connectivity index (χ1n) is 4.78. The van der Waals surface area contributed by atoms with Gasteiger partial charge in [0.15, 0.2) is 0 Å². The molecule has 0 aromatic heterocycles. The summed E-state index contributed by atoms with van der Waals surface area (Å²) in [6.07, 6.45) is -9.31. The molecule has 1 fully saturated rings. The molecule has 2 N–H and O–H groups in total. The van der Waals surface area contributed by atoms with Crippen LogP contribution in [0.2, 0.25) is 0 Å². The summed E-state index contributed by atoms with van der Waals surface area (Å²) >= 11 is 0. The van der Waals surface area contributed by atoms with Crippen molar-refractivity contribution in [1.29, 1.82) is 0 Å². The molecule has 1 aliphatic heterocycles. The molecule has 1 heterocycles. The van der Waals surface area contributed by atoms with Crippen molar-refractivity contribution in [3.05, 3.63) is 0 Å². The summed E-state index contributed by atoms with van der Waals surface area (Å²) in [4.78, 5) is 8.90. The highest BCUT2D eigenvalue weighted by Gasteiger charge is 2.38. The predicted octanol–water partition coefficient (Wildman–Crippen LogP) is 1.91. The summed E-state index contributed by atoms with van der Waals surface area (Å²) in [5, 5.41) is 10.1. The third-order valence-electron chi connectivity index (χ3n) is 1.83. The monoisotopic (exact) mass is 283 g/mol. The Kier molecular flexibility index (Phi) is 6.39. The third-order valence-corrected chi connectivity index (χ3v) is 1.83. The molecule has 0 saturated carbocycles. The van der Waals surface area contributed by atoms with Crippen molar-refractivity contribution >= 4 is 5.97 Å². The third kappa shape index (κ3) is 9.05. The second-order valence-electron chi connectivity index (χ2n) is 3.32. The second kappa shape index (κ2) is 6.78. The molecule has 0 aromatic rings. The maximum Gasteiger partial charge on any atom is 0.522 e. The van der Waals surface area contributed by atoms with Crippen LogP contribution >= 0.6 is 0 Å². The Labute approximate surface area is 97.9 Å². The predicted molar refractivity (Wildman–Crippen MR) is 46.7 cm³/mol. The van der Waals surface area contributed by atoms with E-state index in [1.807, 2.05) is 0 Å². The standard InChI is InChI=1S/C6H10F3NO.C2HF3O2/c7-6(8,9)11-5-1-3-10-4-2-5;3-2(4,5)1(6)7/h5,10H,1-4H2;(H,6,7). The molecule has 0 aliphatic carbocycles. The molecule has 0 bridgehead atoms. The van der Waals surface area contributed by atoms with E-state index < -0.39 is 24.6 Å². The number of hydrogen-bond acceptors (Lipinski definition) is 3. The lowest BCUT2D eigenvalue weighted by molar-refractivity contribution is -0.344. The van der Waals surface area contributed by atoms with E-state index in [-0.39, 0.29) is 0 Å². The van der Waals surface area contributed by atoms with Gasteiger partial charge in [-0.1, -0.05) is 0 Å². The topological polar surface area (TPSA) is 58.6 Å². The van der Waals surface area contributed by atoms with Gasteiger partial charge in [-0.15, -0.1) is 13.2 Å². The van der Waals surface area contributed by atoms with Gasteiger partial charge in [0, 0.05) is 0 Å². The summed E-state index contributed by atoms with van der Waals surface area (Å²) in [7, 11) is 0. The molecule has 0 amide bonds. The molecular formula is C8H11F6NO3. The zero-order valence-corrected chi connectivity index (χ0v) is 8.94. The number of hydrogen-bond donors (Lipinski definition) is 2. The van der Waals surface area contributed by atoms with Crippen LogP contribution in [0.25, 0.3) is 0 Å². The van der Waals surface area contributed by atoms with E-state index >= 15 is 0 Å². The summed E-state index contributed by atoms with van der Waals surface area (Å²) in [6.45, 7) is 1.22. The van der Waals surface area contributed by atoms with Gasteiger partial charge in [-0.25, -0.2) is 4.79 Å². The minimum atomic E-state index is -5.08. The number of piperidine rings is 1. The number of halogens is 6. The van der Waals surface area contributed by atoms with Crippen LogP contribution < -0.4 is 5.32 Å². The van der Waals surface area contributed by atoms with E-state index in [2.05, 4.69) is 10.1 Å². The fraction of sp³-hybridized carbons (Fsp3) is 0.875. The van der Waals surface area contributed by atoms with Gasteiger partial charge in [0.1, 0.15) is 0 Å². The molecule has 10 heteroatoms. The van der Waals surface area contributed by atoms with E-state index in [0.29, 0.717) is 25.9 Å². The number of carboxylic acid groups (broad SMARTS) is 1. The molecule has 18 heavy (non-hydrogen) atoms. The number of nitrogens with one attached hydrogen (secondary N) is 1. The van der Waals surface area contributed by atoms with Gasteiger partial charge in [-0.3, -0.25) is 4.74 Å². The highest BCUT2D eigenvalue weighted by molar-refractivity contribution is 5.73. The number of rotatable bonds is 1. The fourth-order valence-electron chi connectivity index (χ4n) is 1.10. The number of ether oxygens (including phenoxy) is 1. The van der Waals surface area contributed by atoms with E-state index in [1.54, 1.807) is 0 Å². The highest BCUT2D eigenvalue weighted by atomic mass is 19.4. The van der Waals surface area contributed by atoms with Crippen LogP contribution in [-0.4, -0.2) is 42.8 Å². The lowest BCUT2D eigenvalue weighted by Crippen LogP contribution is -2.35. The molecule has 1 rings (SSSR count). The quantitative estimate of drug-likeness (QED) is 0.722. The van der Waals surface area contributed by atoms with Gasteiger partial charge in [0.05, 0.1) is 6.10 Å². The minimum Gasteiger partial charge on any atom is -0.475 e. The average molecular weight is 283 g/mol. The van der Waals surface area contributed by atoms with Crippen molar-refractivity contribution in [3.8, 4) is 0 Å². The van der Waals surface area contributed by atoms with Gasteiger partial charge < -0.3 is 10.4 Å². The first-order chi connectivity index (χ1) is 8.02. The van der Waals surface area contributed by atoms with Crippen LogP contribution in [0.1, 0.15) is 12.8 Å². The van der Waals surface area contributed by atoms with Crippen LogP contribution in [-0.2, 0) is 9.53 Å². The molecule has 0 radical (unpaired) electrons. The van der Waals surface area contributed by atoms with Crippen molar-refractivity contribution in [3.63, 3.8) is 0 Å². The number of aliphatic carboxylic acids is 1. The van der Waals surface area contributed by atoms with E-state index in [1.165, 1.54) is 0 Å². The average Bonchev–Trinajstić information content (AvgIpc) is 2.15. The van der Waals surface area contributed by atoms with E-state index in [4.69, 9.17) is 9.90 Å². The largest absolute Gasteiger partial charge is 0.522 e. The molecule has 0 spiro atoms. The molecule has 1 saturated heterocycles. The molecule has 1 aliphatic rings. The molecule has 108 valence electrons. The maximum atomic E-state index is 11.6. The van der Waals surface area contributed by atoms with Crippen molar-refractivity contribution in [1.82, 2.24) is 5.32 Å². The summed E-state index contributed by atoms with van der Waals surface area (Å²) in [5.41, 5.74) is 0. The van der Waals surface area contributed by atoms with Gasteiger partial charge >= 0.3 is 18.5 Å². The molecule has 0 atom stereocenters. The lowest BCUT2D eigenvalue weighted by atomic mass is 10.1. The first kappa shape index (κ1) is 17.0.